The number of nitrogens with one attached hydrogen (secondary N) is 1. The van der Waals surface area contributed by atoms with Crippen molar-refractivity contribution in [3.05, 3.63) is 83.9 Å². The first-order chi connectivity index (χ1) is 15.6. The molecule has 0 atom stereocenters. The number of anilines is 3. The molecule has 0 aliphatic rings. The number of hydrogen-bond acceptors (Lipinski definition) is 5. The Morgan fingerprint density at radius 2 is 1.48 bits per heavy atom. The van der Waals surface area contributed by atoms with Crippen LogP contribution in [0.3, 0.4) is 0 Å². The van der Waals surface area contributed by atoms with Crippen LogP contribution in [0.15, 0.2) is 77.7 Å². The number of sulfonamides is 1. The molecule has 0 radical (unpaired) electrons. The molecule has 1 N–H and O–H groups in total. The van der Waals surface area contributed by atoms with Crippen molar-refractivity contribution >= 4 is 39.1 Å². The molecule has 3 aromatic carbocycles. The predicted octanol–water partition coefficient (Wildman–Crippen LogP) is 4.28. The quantitative estimate of drug-likeness (QED) is 0.584. The van der Waals surface area contributed by atoms with Crippen LogP contribution < -0.4 is 14.5 Å². The van der Waals surface area contributed by atoms with Crippen molar-refractivity contribution in [2.45, 2.75) is 11.8 Å². The highest BCUT2D eigenvalue weighted by Gasteiger charge is 2.22. The van der Waals surface area contributed by atoms with Gasteiger partial charge in [0.2, 0.25) is 0 Å². The van der Waals surface area contributed by atoms with Crippen LogP contribution in [0.2, 0.25) is 0 Å². The summed E-state index contributed by atoms with van der Waals surface area (Å²) in [5.74, 6) is -0.459. The SMILES string of the molecule is COC(=O)N(C)c1ccc(NC(=O)c2cccc(S(=O)(=O)N(C)c3ccc(C)cc3)c2)cc1. The summed E-state index contributed by atoms with van der Waals surface area (Å²) in [6, 6.07) is 19.6. The van der Waals surface area contributed by atoms with Crippen molar-refractivity contribution < 1.29 is 22.7 Å². The Hall–Kier alpha value is -3.85. The summed E-state index contributed by atoms with van der Waals surface area (Å²) in [5.41, 5.74) is 2.82. The molecule has 8 nitrogen and oxygen atoms in total. The molecule has 0 heterocycles. The fourth-order valence-corrected chi connectivity index (χ4v) is 4.31. The molecule has 172 valence electrons. The Balaban J connectivity index is 1.78. The molecule has 0 bridgehead atoms. The Labute approximate surface area is 193 Å². The molecule has 2 amide bonds. The lowest BCUT2D eigenvalue weighted by Crippen LogP contribution is -2.27. The largest absolute Gasteiger partial charge is 0.452 e. The molecule has 0 aliphatic carbocycles. The van der Waals surface area contributed by atoms with Crippen LogP contribution in [-0.4, -0.2) is 41.6 Å². The molecular weight excluding hydrogens is 442 g/mol. The Bertz CT molecular complexity index is 1260. The number of benzene rings is 3. The molecule has 0 spiro atoms. The predicted molar refractivity (Wildman–Crippen MR) is 128 cm³/mol. The minimum Gasteiger partial charge on any atom is -0.452 e. The second-order valence-electron chi connectivity index (χ2n) is 7.37. The third-order valence-electron chi connectivity index (χ3n) is 5.11. The van der Waals surface area contributed by atoms with Gasteiger partial charge in [-0.15, -0.1) is 0 Å². The van der Waals surface area contributed by atoms with Gasteiger partial charge in [0.15, 0.2) is 0 Å². The number of aryl methyl sites for hydroxylation is 1. The number of methoxy groups -OCH3 is 1. The Kier molecular flexibility index (Phi) is 7.03. The average molecular weight is 468 g/mol. The van der Waals surface area contributed by atoms with E-state index in [2.05, 4.69) is 10.1 Å². The van der Waals surface area contributed by atoms with Crippen LogP contribution in [0, 0.1) is 6.92 Å². The summed E-state index contributed by atoms with van der Waals surface area (Å²) >= 11 is 0. The van der Waals surface area contributed by atoms with E-state index >= 15 is 0 Å². The van der Waals surface area contributed by atoms with Gasteiger partial charge >= 0.3 is 6.09 Å². The lowest BCUT2D eigenvalue weighted by atomic mass is 10.2. The monoisotopic (exact) mass is 467 g/mol. The van der Waals surface area contributed by atoms with E-state index in [0.29, 0.717) is 17.1 Å². The van der Waals surface area contributed by atoms with Gasteiger partial charge in [0.25, 0.3) is 15.9 Å². The van der Waals surface area contributed by atoms with E-state index in [1.54, 1.807) is 49.5 Å². The van der Waals surface area contributed by atoms with Gasteiger partial charge in [0.1, 0.15) is 0 Å². The number of nitrogens with zero attached hydrogens (tertiary/aromatic N) is 2. The van der Waals surface area contributed by atoms with Crippen LogP contribution in [0.1, 0.15) is 15.9 Å². The van der Waals surface area contributed by atoms with Gasteiger partial charge in [0, 0.05) is 31.0 Å². The highest BCUT2D eigenvalue weighted by molar-refractivity contribution is 7.92. The molecule has 0 aliphatic heterocycles. The number of ether oxygens (including phenoxy) is 1. The van der Waals surface area contributed by atoms with Crippen LogP contribution in [0.25, 0.3) is 0 Å². The Morgan fingerprint density at radius 1 is 0.879 bits per heavy atom. The lowest BCUT2D eigenvalue weighted by molar-refractivity contribution is 0.102. The summed E-state index contributed by atoms with van der Waals surface area (Å²) in [6.07, 6.45) is -0.514. The van der Waals surface area contributed by atoms with Crippen molar-refractivity contribution in [1.82, 2.24) is 0 Å². The molecule has 0 aromatic heterocycles. The highest BCUT2D eigenvalue weighted by atomic mass is 32.2. The fourth-order valence-electron chi connectivity index (χ4n) is 3.06. The summed E-state index contributed by atoms with van der Waals surface area (Å²) in [6.45, 7) is 1.92. The number of rotatable bonds is 6. The average Bonchev–Trinajstić information content (AvgIpc) is 2.83. The molecule has 33 heavy (non-hydrogen) atoms. The maximum absolute atomic E-state index is 13.1. The van der Waals surface area contributed by atoms with Crippen molar-refractivity contribution in [3.8, 4) is 0 Å². The van der Waals surface area contributed by atoms with E-state index in [0.717, 1.165) is 5.56 Å². The van der Waals surface area contributed by atoms with E-state index in [-0.39, 0.29) is 10.5 Å². The molecule has 3 rings (SSSR count). The van der Waals surface area contributed by atoms with Gasteiger partial charge in [-0.05, 0) is 61.5 Å². The zero-order chi connectivity index (χ0) is 24.2. The van der Waals surface area contributed by atoms with Crippen LogP contribution in [0.4, 0.5) is 21.9 Å². The molecule has 0 saturated heterocycles. The maximum atomic E-state index is 13.1. The Morgan fingerprint density at radius 3 is 2.09 bits per heavy atom. The van der Waals surface area contributed by atoms with Gasteiger partial charge in [-0.2, -0.15) is 0 Å². The van der Waals surface area contributed by atoms with Crippen molar-refractivity contribution in [2.75, 3.05) is 35.7 Å². The molecule has 9 heteroatoms. The summed E-state index contributed by atoms with van der Waals surface area (Å²) < 4.78 is 32.0. The fraction of sp³-hybridized carbons (Fsp3) is 0.167. The second kappa shape index (κ2) is 9.74. The standard InChI is InChI=1S/C24H25N3O5S/c1-17-8-12-21(13-9-17)27(3)33(30,31)22-7-5-6-18(16-22)23(28)25-19-10-14-20(15-11-19)26(2)24(29)32-4/h5-16H,1-4H3,(H,25,28). The first kappa shape index (κ1) is 23.8. The van der Waals surface area contributed by atoms with Gasteiger partial charge in [-0.1, -0.05) is 23.8 Å². The van der Waals surface area contributed by atoms with E-state index in [1.807, 2.05) is 19.1 Å². The minimum atomic E-state index is -3.86. The highest BCUT2D eigenvalue weighted by Crippen LogP contribution is 2.24. The van der Waals surface area contributed by atoms with Crippen LogP contribution in [0.5, 0.6) is 0 Å². The first-order valence-electron chi connectivity index (χ1n) is 10.0. The minimum absolute atomic E-state index is 0.00766. The topological polar surface area (TPSA) is 96.0 Å². The normalized spacial score (nSPS) is 10.9. The second-order valence-corrected chi connectivity index (χ2v) is 9.34. The summed E-state index contributed by atoms with van der Waals surface area (Å²) in [4.78, 5) is 25.7. The van der Waals surface area contributed by atoms with Gasteiger partial charge in [0.05, 0.1) is 17.7 Å². The maximum Gasteiger partial charge on any atom is 0.413 e. The first-order valence-corrected chi connectivity index (χ1v) is 11.5. The van der Waals surface area contributed by atoms with E-state index < -0.39 is 22.0 Å². The van der Waals surface area contributed by atoms with Crippen LogP contribution >= 0.6 is 0 Å². The van der Waals surface area contributed by atoms with Crippen molar-refractivity contribution in [3.63, 3.8) is 0 Å². The van der Waals surface area contributed by atoms with E-state index in [4.69, 9.17) is 0 Å². The van der Waals surface area contributed by atoms with E-state index in [9.17, 15) is 18.0 Å². The van der Waals surface area contributed by atoms with Gasteiger partial charge < -0.3 is 10.1 Å². The summed E-state index contributed by atoms with van der Waals surface area (Å²) in [7, 11) is 0.477. The third kappa shape index (κ3) is 5.32. The van der Waals surface area contributed by atoms with Gasteiger partial charge in [-0.25, -0.2) is 13.2 Å². The zero-order valence-electron chi connectivity index (χ0n) is 18.8. The number of carbonyl (C=O) groups excluding carboxylic acids is 2. The van der Waals surface area contributed by atoms with Crippen molar-refractivity contribution in [1.29, 1.82) is 0 Å². The third-order valence-corrected chi connectivity index (χ3v) is 6.89. The number of amides is 2. The smallest absolute Gasteiger partial charge is 0.413 e. The molecule has 0 unspecified atom stereocenters. The number of hydrogen-bond donors (Lipinski definition) is 1. The molecular formula is C24H25N3O5S. The van der Waals surface area contributed by atoms with Crippen LogP contribution in [-0.2, 0) is 14.8 Å². The molecule has 3 aromatic rings. The lowest BCUT2D eigenvalue weighted by Gasteiger charge is -2.20. The number of carbonyl (C=O) groups is 2. The summed E-state index contributed by atoms with van der Waals surface area (Å²) in [5, 5.41) is 2.73. The zero-order valence-corrected chi connectivity index (χ0v) is 19.6. The van der Waals surface area contributed by atoms with E-state index in [1.165, 1.54) is 41.6 Å². The van der Waals surface area contributed by atoms with Gasteiger partial charge in [-0.3, -0.25) is 14.0 Å². The molecule has 0 saturated carbocycles. The molecule has 0 fully saturated rings. The van der Waals surface area contributed by atoms with Crippen molar-refractivity contribution in [2.24, 2.45) is 0 Å².